The maximum Gasteiger partial charge on any atom is 0.181 e. The lowest BCUT2D eigenvalue weighted by Gasteiger charge is -2.22. The van der Waals surface area contributed by atoms with Gasteiger partial charge in [0.15, 0.2) is 23.0 Å². The molecule has 0 unspecified atom stereocenters. The van der Waals surface area contributed by atoms with Crippen molar-refractivity contribution in [3.05, 3.63) is 66.0 Å². The van der Waals surface area contributed by atoms with E-state index in [0.29, 0.717) is 26.4 Å². The monoisotopic (exact) mass is 466 g/mol. The average molecular weight is 467 g/mol. The van der Waals surface area contributed by atoms with Crippen LogP contribution in [0.15, 0.2) is 66.0 Å². The zero-order valence-corrected chi connectivity index (χ0v) is 19.1. The second-order valence-electron chi connectivity index (χ2n) is 7.05. The Morgan fingerprint density at radius 3 is 1.87 bits per heavy atom. The number of hydrogen-bond acceptors (Lipinski definition) is 6. The molecule has 6 rings (SSSR count). The highest BCUT2D eigenvalue weighted by atomic mass is 32.1. The normalized spacial score (nSPS) is 14.6. The quantitative estimate of drug-likeness (QED) is 0.406. The van der Waals surface area contributed by atoms with Gasteiger partial charge < -0.3 is 18.9 Å². The van der Waals surface area contributed by atoms with Crippen LogP contribution in [0.5, 0.6) is 23.0 Å². The highest BCUT2D eigenvalue weighted by Gasteiger charge is 2.34. The van der Waals surface area contributed by atoms with Gasteiger partial charge in [-0.25, -0.2) is 0 Å². The fourth-order valence-corrected chi connectivity index (χ4v) is 9.14. The molecule has 156 valence electrons. The molecule has 0 saturated heterocycles. The van der Waals surface area contributed by atoms with E-state index in [1.807, 2.05) is 5.38 Å². The van der Waals surface area contributed by atoms with E-state index in [9.17, 15) is 0 Å². The van der Waals surface area contributed by atoms with Crippen molar-refractivity contribution in [2.24, 2.45) is 0 Å². The summed E-state index contributed by atoms with van der Waals surface area (Å²) in [4.78, 5) is 2.13. The Balaban J connectivity index is 1.56. The summed E-state index contributed by atoms with van der Waals surface area (Å²) in [5, 5.41) is 4.61. The van der Waals surface area contributed by atoms with E-state index in [2.05, 4.69) is 60.7 Å². The summed E-state index contributed by atoms with van der Waals surface area (Å²) < 4.78 is 25.4. The Bertz CT molecular complexity index is 1160. The minimum atomic E-state index is -0.781. The Morgan fingerprint density at radius 2 is 1.19 bits per heavy atom. The van der Waals surface area contributed by atoms with Crippen molar-refractivity contribution < 1.29 is 18.9 Å². The van der Waals surface area contributed by atoms with Crippen LogP contribution < -0.4 is 34.2 Å². The van der Waals surface area contributed by atoms with Crippen molar-refractivity contribution in [1.29, 1.82) is 0 Å². The van der Waals surface area contributed by atoms with Gasteiger partial charge in [-0.1, -0.05) is 60.7 Å². The van der Waals surface area contributed by atoms with Crippen LogP contribution in [-0.4, -0.2) is 26.4 Å². The van der Waals surface area contributed by atoms with Crippen LogP contribution in [0.1, 0.15) is 0 Å². The Labute approximate surface area is 189 Å². The van der Waals surface area contributed by atoms with Gasteiger partial charge in [0.2, 0.25) is 0 Å². The van der Waals surface area contributed by atoms with Gasteiger partial charge in [-0.2, -0.15) is 0 Å². The molecule has 0 spiro atoms. The zero-order chi connectivity index (χ0) is 20.6. The number of ether oxygens (including phenoxy) is 4. The van der Waals surface area contributed by atoms with E-state index < -0.39 is 7.92 Å². The molecular formula is C24H19O4PS2. The first-order chi connectivity index (χ1) is 15.4. The van der Waals surface area contributed by atoms with E-state index in [-0.39, 0.29) is 0 Å². The van der Waals surface area contributed by atoms with Gasteiger partial charge in [0.25, 0.3) is 0 Å². The van der Waals surface area contributed by atoms with Gasteiger partial charge in [0, 0.05) is 13.3 Å². The molecule has 0 radical (unpaired) electrons. The standard InChI is InChI=1S/C24H19O4PS2/c1-3-7-16(8-4-1)29(17-9-5-2-6-10-17)24-21-20(27-13-14-28-21)23(31-24)22-19-18(15-30-22)25-11-12-26-19/h1-10,15H,11-14H2. The van der Waals surface area contributed by atoms with Crippen molar-refractivity contribution in [2.45, 2.75) is 0 Å². The third-order valence-corrected chi connectivity index (χ3v) is 10.2. The van der Waals surface area contributed by atoms with E-state index >= 15 is 0 Å². The Kier molecular flexibility index (Phi) is 5.07. The lowest BCUT2D eigenvalue weighted by atomic mass is 10.3. The number of hydrogen-bond donors (Lipinski definition) is 0. The molecule has 0 bridgehead atoms. The number of benzene rings is 2. The molecular weight excluding hydrogens is 447 g/mol. The summed E-state index contributed by atoms with van der Waals surface area (Å²) in [7, 11) is -0.781. The van der Waals surface area contributed by atoms with Crippen LogP contribution in [0.4, 0.5) is 0 Å². The molecule has 2 aromatic heterocycles. The highest BCUT2D eigenvalue weighted by Crippen LogP contribution is 2.56. The summed E-state index contributed by atoms with van der Waals surface area (Å²) >= 11 is 3.40. The van der Waals surface area contributed by atoms with Crippen molar-refractivity contribution in [3.8, 4) is 32.8 Å². The van der Waals surface area contributed by atoms with Crippen molar-refractivity contribution in [3.63, 3.8) is 0 Å². The molecule has 4 aromatic rings. The first-order valence-corrected chi connectivity index (χ1v) is 13.1. The predicted molar refractivity (Wildman–Crippen MR) is 128 cm³/mol. The van der Waals surface area contributed by atoms with Gasteiger partial charge in [-0.3, -0.25) is 0 Å². The van der Waals surface area contributed by atoms with Crippen LogP contribution in [0.2, 0.25) is 0 Å². The number of thiophene rings is 2. The number of rotatable bonds is 4. The molecule has 4 heterocycles. The Hall–Kier alpha value is -2.53. The summed E-state index contributed by atoms with van der Waals surface area (Å²) in [6, 6.07) is 21.4. The molecule has 0 aliphatic carbocycles. The van der Waals surface area contributed by atoms with Crippen LogP contribution in [0, 0.1) is 0 Å². The summed E-state index contributed by atoms with van der Waals surface area (Å²) in [5.41, 5.74) is 0. The third-order valence-electron chi connectivity index (χ3n) is 5.12. The molecule has 0 atom stereocenters. The van der Waals surface area contributed by atoms with E-state index in [0.717, 1.165) is 32.8 Å². The lowest BCUT2D eigenvalue weighted by molar-refractivity contribution is 0.172. The third kappa shape index (κ3) is 3.39. The second kappa shape index (κ2) is 8.19. The van der Waals surface area contributed by atoms with Crippen molar-refractivity contribution in [2.75, 3.05) is 26.4 Å². The Morgan fingerprint density at radius 1 is 0.613 bits per heavy atom. The fourth-order valence-electron chi connectivity index (χ4n) is 3.79. The number of fused-ring (bicyclic) bond motifs is 2. The maximum atomic E-state index is 6.24. The maximum absolute atomic E-state index is 6.24. The van der Waals surface area contributed by atoms with E-state index in [1.54, 1.807) is 22.7 Å². The smallest absolute Gasteiger partial charge is 0.181 e. The second-order valence-corrected chi connectivity index (χ2v) is 11.4. The molecule has 31 heavy (non-hydrogen) atoms. The topological polar surface area (TPSA) is 36.9 Å². The van der Waals surface area contributed by atoms with E-state index in [1.165, 1.54) is 15.2 Å². The SMILES string of the molecule is c1ccc(P(c2ccccc2)c2sc(-c3scc4c3OCCO4)c3c2OCCO3)cc1. The summed E-state index contributed by atoms with van der Waals surface area (Å²) in [6.45, 7) is 2.26. The van der Waals surface area contributed by atoms with Gasteiger partial charge >= 0.3 is 0 Å². The molecule has 0 fully saturated rings. The van der Waals surface area contributed by atoms with Crippen LogP contribution in [0.3, 0.4) is 0 Å². The van der Waals surface area contributed by atoms with E-state index in [4.69, 9.17) is 18.9 Å². The summed E-state index contributed by atoms with van der Waals surface area (Å²) in [6.07, 6.45) is 0. The van der Waals surface area contributed by atoms with Gasteiger partial charge in [-0.15, -0.1) is 22.7 Å². The highest BCUT2D eigenvalue weighted by molar-refractivity contribution is 7.84. The fraction of sp³-hybridized carbons (Fsp3) is 0.167. The first-order valence-electron chi connectivity index (χ1n) is 10.1. The molecule has 4 nitrogen and oxygen atoms in total. The molecule has 7 heteroatoms. The first kappa shape index (κ1) is 19.2. The summed E-state index contributed by atoms with van der Waals surface area (Å²) in [5.74, 6) is 3.36. The van der Waals surface area contributed by atoms with Crippen LogP contribution in [0.25, 0.3) is 9.75 Å². The van der Waals surface area contributed by atoms with Crippen molar-refractivity contribution >= 4 is 45.8 Å². The molecule has 2 aromatic carbocycles. The molecule has 0 N–H and O–H groups in total. The van der Waals surface area contributed by atoms with Crippen LogP contribution >= 0.6 is 30.6 Å². The average Bonchev–Trinajstić information content (AvgIpc) is 3.43. The molecule has 0 amide bonds. The van der Waals surface area contributed by atoms with Gasteiger partial charge in [-0.05, 0) is 10.6 Å². The molecule has 2 aliphatic rings. The van der Waals surface area contributed by atoms with Crippen LogP contribution in [-0.2, 0) is 0 Å². The minimum absolute atomic E-state index is 0.551. The molecule has 0 saturated carbocycles. The van der Waals surface area contributed by atoms with Crippen molar-refractivity contribution in [1.82, 2.24) is 0 Å². The van der Waals surface area contributed by atoms with Gasteiger partial charge in [0.05, 0.1) is 14.4 Å². The van der Waals surface area contributed by atoms with Gasteiger partial charge in [0.1, 0.15) is 26.4 Å². The molecule has 2 aliphatic heterocycles. The lowest BCUT2D eigenvalue weighted by Crippen LogP contribution is -2.23. The zero-order valence-electron chi connectivity index (χ0n) is 16.6. The predicted octanol–water partition coefficient (Wildman–Crippen LogP) is 4.78. The largest absolute Gasteiger partial charge is 0.485 e. The minimum Gasteiger partial charge on any atom is -0.485 e.